The Hall–Kier alpha value is -3.28. The van der Waals surface area contributed by atoms with Gasteiger partial charge in [0.15, 0.2) is 0 Å². The minimum atomic E-state index is -0.310. The maximum Gasteiger partial charge on any atom is 0.340 e. The molecule has 0 saturated carbocycles. The number of hydrogen-bond donors (Lipinski definition) is 0. The van der Waals surface area contributed by atoms with Crippen molar-refractivity contribution in [1.82, 2.24) is 14.2 Å². The van der Waals surface area contributed by atoms with Gasteiger partial charge >= 0.3 is 5.97 Å². The minimum absolute atomic E-state index is 0.310. The summed E-state index contributed by atoms with van der Waals surface area (Å²) in [6.45, 7) is 4.53. The lowest BCUT2D eigenvalue weighted by Gasteiger charge is -2.08. The fourth-order valence-electron chi connectivity index (χ4n) is 3.38. The lowest BCUT2D eigenvalue weighted by molar-refractivity contribution is 0.0531. The molecule has 0 spiro atoms. The molecule has 0 aliphatic heterocycles. The molecular weight excluding hydrogens is 342 g/mol. The SMILES string of the molecule is CCOC(=O)c1c2ccccc2n2cc(OCc3cc(C)nn3C)ccc12. The largest absolute Gasteiger partial charge is 0.486 e. The van der Waals surface area contributed by atoms with E-state index in [9.17, 15) is 4.79 Å². The molecule has 3 aromatic heterocycles. The summed E-state index contributed by atoms with van der Waals surface area (Å²) >= 11 is 0. The number of rotatable bonds is 5. The Kier molecular flexibility index (Phi) is 4.32. The Balaban J connectivity index is 1.75. The highest BCUT2D eigenvalue weighted by Gasteiger charge is 2.19. The average molecular weight is 363 g/mol. The second-order valence-electron chi connectivity index (χ2n) is 6.42. The van der Waals surface area contributed by atoms with Crippen LogP contribution in [0.15, 0.2) is 48.7 Å². The molecule has 4 rings (SSSR count). The number of nitrogens with zero attached hydrogens (tertiary/aromatic N) is 3. The van der Waals surface area contributed by atoms with Gasteiger partial charge in [0.25, 0.3) is 0 Å². The zero-order valence-electron chi connectivity index (χ0n) is 15.6. The van der Waals surface area contributed by atoms with Crippen LogP contribution < -0.4 is 4.74 Å². The Morgan fingerprint density at radius 3 is 2.70 bits per heavy atom. The quantitative estimate of drug-likeness (QED) is 0.505. The van der Waals surface area contributed by atoms with Crippen LogP contribution in [0.25, 0.3) is 16.4 Å². The third kappa shape index (κ3) is 3.03. The molecule has 0 radical (unpaired) electrons. The molecule has 0 fully saturated rings. The molecule has 0 N–H and O–H groups in total. The van der Waals surface area contributed by atoms with Crippen LogP contribution in [0, 0.1) is 6.92 Å². The molecule has 0 atom stereocenters. The lowest BCUT2D eigenvalue weighted by Crippen LogP contribution is -2.05. The summed E-state index contributed by atoms with van der Waals surface area (Å²) < 4.78 is 15.0. The van der Waals surface area contributed by atoms with E-state index in [0.29, 0.717) is 18.8 Å². The van der Waals surface area contributed by atoms with E-state index in [1.165, 1.54) is 0 Å². The molecule has 0 saturated heterocycles. The number of aryl methyl sites for hydroxylation is 2. The van der Waals surface area contributed by atoms with E-state index in [2.05, 4.69) is 5.10 Å². The first-order valence-electron chi connectivity index (χ1n) is 8.90. The van der Waals surface area contributed by atoms with E-state index < -0.39 is 0 Å². The summed E-state index contributed by atoms with van der Waals surface area (Å²) in [6.07, 6.45) is 1.91. The molecule has 0 aliphatic rings. The standard InChI is InChI=1S/C21H21N3O3/c1-4-26-21(25)20-17-7-5-6-8-18(17)24-12-16(9-10-19(20)24)27-13-15-11-14(2)22-23(15)3/h5-12H,4,13H2,1-3H3. The van der Waals surface area contributed by atoms with Gasteiger partial charge in [0.05, 0.1) is 40.8 Å². The van der Waals surface area contributed by atoms with Crippen molar-refractivity contribution in [2.45, 2.75) is 20.5 Å². The molecule has 1 aromatic carbocycles. The number of carbonyl (C=O) groups excluding carboxylic acids is 1. The van der Waals surface area contributed by atoms with Gasteiger partial charge in [-0.25, -0.2) is 4.79 Å². The number of para-hydroxylation sites is 1. The molecule has 4 aromatic rings. The normalized spacial score (nSPS) is 11.2. The Morgan fingerprint density at radius 2 is 1.96 bits per heavy atom. The first kappa shape index (κ1) is 17.1. The predicted molar refractivity (Wildman–Crippen MR) is 103 cm³/mol. The second-order valence-corrected chi connectivity index (χ2v) is 6.42. The van der Waals surface area contributed by atoms with E-state index in [-0.39, 0.29) is 5.97 Å². The van der Waals surface area contributed by atoms with Gasteiger partial charge in [-0.2, -0.15) is 5.10 Å². The zero-order chi connectivity index (χ0) is 19.0. The van der Waals surface area contributed by atoms with Crippen LogP contribution >= 0.6 is 0 Å². The van der Waals surface area contributed by atoms with Crippen LogP contribution in [-0.2, 0) is 18.4 Å². The fraction of sp³-hybridized carbons (Fsp3) is 0.238. The van der Waals surface area contributed by atoms with Gasteiger partial charge in [-0.05, 0) is 38.1 Å². The number of hydrogen-bond acceptors (Lipinski definition) is 4. The van der Waals surface area contributed by atoms with Gasteiger partial charge in [0.2, 0.25) is 0 Å². The molecule has 0 unspecified atom stereocenters. The first-order chi connectivity index (χ1) is 13.1. The van der Waals surface area contributed by atoms with E-state index in [0.717, 1.165) is 33.6 Å². The number of carbonyl (C=O) groups is 1. The number of esters is 1. The van der Waals surface area contributed by atoms with Crippen molar-refractivity contribution in [2.75, 3.05) is 6.61 Å². The van der Waals surface area contributed by atoms with Crippen molar-refractivity contribution in [3.8, 4) is 5.75 Å². The number of pyridine rings is 1. The number of aromatic nitrogens is 3. The van der Waals surface area contributed by atoms with Crippen molar-refractivity contribution in [2.24, 2.45) is 7.05 Å². The van der Waals surface area contributed by atoms with Crippen LogP contribution in [0.2, 0.25) is 0 Å². The van der Waals surface area contributed by atoms with Crippen molar-refractivity contribution in [3.05, 3.63) is 65.6 Å². The molecule has 6 nitrogen and oxygen atoms in total. The summed E-state index contributed by atoms with van der Waals surface area (Å²) in [7, 11) is 1.90. The maximum absolute atomic E-state index is 12.5. The molecule has 0 bridgehead atoms. The summed E-state index contributed by atoms with van der Waals surface area (Å²) in [5.74, 6) is 0.410. The minimum Gasteiger partial charge on any atom is -0.486 e. The van der Waals surface area contributed by atoms with Gasteiger partial charge in [0.1, 0.15) is 12.4 Å². The molecule has 6 heteroatoms. The van der Waals surface area contributed by atoms with Gasteiger partial charge in [-0.1, -0.05) is 18.2 Å². The molecule has 0 aliphatic carbocycles. The van der Waals surface area contributed by atoms with Crippen LogP contribution in [0.3, 0.4) is 0 Å². The third-order valence-corrected chi connectivity index (χ3v) is 4.58. The Bertz CT molecular complexity index is 1140. The smallest absolute Gasteiger partial charge is 0.340 e. The van der Waals surface area contributed by atoms with E-state index in [1.807, 2.05) is 78.6 Å². The Morgan fingerprint density at radius 1 is 1.15 bits per heavy atom. The summed E-state index contributed by atoms with van der Waals surface area (Å²) in [5.41, 5.74) is 4.29. The molecule has 27 heavy (non-hydrogen) atoms. The summed E-state index contributed by atoms with van der Waals surface area (Å²) in [4.78, 5) is 12.5. The number of fused-ring (bicyclic) bond motifs is 3. The highest BCUT2D eigenvalue weighted by atomic mass is 16.5. The topological polar surface area (TPSA) is 57.8 Å². The molecule has 3 heterocycles. The van der Waals surface area contributed by atoms with Gasteiger partial charge in [-0.3, -0.25) is 4.68 Å². The van der Waals surface area contributed by atoms with E-state index in [4.69, 9.17) is 9.47 Å². The van der Waals surface area contributed by atoms with Crippen LogP contribution in [0.1, 0.15) is 28.7 Å². The summed E-state index contributed by atoms with van der Waals surface area (Å²) in [6, 6.07) is 13.6. The van der Waals surface area contributed by atoms with Crippen molar-refractivity contribution in [1.29, 1.82) is 0 Å². The van der Waals surface area contributed by atoms with Gasteiger partial charge in [-0.15, -0.1) is 0 Å². The van der Waals surface area contributed by atoms with Gasteiger partial charge in [0, 0.05) is 12.4 Å². The first-order valence-corrected chi connectivity index (χ1v) is 8.90. The Labute approximate surface area is 156 Å². The van der Waals surface area contributed by atoms with Crippen LogP contribution in [0.4, 0.5) is 0 Å². The second kappa shape index (κ2) is 6.79. The molecule has 138 valence electrons. The lowest BCUT2D eigenvalue weighted by atomic mass is 10.1. The van der Waals surface area contributed by atoms with Crippen LogP contribution in [0.5, 0.6) is 5.75 Å². The van der Waals surface area contributed by atoms with E-state index >= 15 is 0 Å². The average Bonchev–Trinajstić information content (AvgIpc) is 3.16. The maximum atomic E-state index is 12.5. The highest BCUT2D eigenvalue weighted by Crippen LogP contribution is 2.29. The van der Waals surface area contributed by atoms with Gasteiger partial charge < -0.3 is 13.9 Å². The number of benzene rings is 1. The predicted octanol–water partition coefficient (Wildman–Crippen LogP) is 3.89. The molecule has 0 amide bonds. The van der Waals surface area contributed by atoms with E-state index in [1.54, 1.807) is 0 Å². The summed E-state index contributed by atoms with van der Waals surface area (Å²) in [5, 5.41) is 5.21. The molecular formula is C21H21N3O3. The third-order valence-electron chi connectivity index (χ3n) is 4.58. The zero-order valence-corrected chi connectivity index (χ0v) is 15.6. The number of ether oxygens (including phenoxy) is 2. The highest BCUT2D eigenvalue weighted by molar-refractivity contribution is 6.11. The van der Waals surface area contributed by atoms with Crippen molar-refractivity contribution in [3.63, 3.8) is 0 Å². The van der Waals surface area contributed by atoms with Crippen molar-refractivity contribution < 1.29 is 14.3 Å². The monoisotopic (exact) mass is 363 g/mol. The van der Waals surface area contributed by atoms with Crippen molar-refractivity contribution >= 4 is 22.4 Å². The fourth-order valence-corrected chi connectivity index (χ4v) is 3.38. The van der Waals surface area contributed by atoms with Crippen LogP contribution in [-0.4, -0.2) is 26.8 Å².